The van der Waals surface area contributed by atoms with Crippen molar-refractivity contribution in [1.29, 1.82) is 0 Å². The highest BCUT2D eigenvalue weighted by Crippen LogP contribution is 2.33. The van der Waals surface area contributed by atoms with Gasteiger partial charge in [0.05, 0.1) is 31.5 Å². The number of anilines is 1. The predicted molar refractivity (Wildman–Crippen MR) is 171 cm³/mol. The van der Waals surface area contributed by atoms with Crippen LogP contribution in [-0.2, 0) is 33.2 Å². The number of amides is 1. The highest BCUT2D eigenvalue weighted by molar-refractivity contribution is 5.73. The van der Waals surface area contributed by atoms with Gasteiger partial charge in [-0.3, -0.25) is 4.79 Å². The minimum Gasteiger partial charge on any atom is -0.394 e. The van der Waals surface area contributed by atoms with Gasteiger partial charge < -0.3 is 95.2 Å². The Morgan fingerprint density at radius 1 is 0.788 bits per heavy atom. The molecule has 298 valence electrons. The normalized spacial score (nSPS) is 40.7. The van der Waals surface area contributed by atoms with E-state index in [-0.39, 0.29) is 6.54 Å². The number of aromatic nitrogens is 1. The van der Waals surface area contributed by atoms with Crippen LogP contribution in [0.1, 0.15) is 20.8 Å². The fourth-order valence-corrected chi connectivity index (χ4v) is 6.11. The molecule has 21 heteroatoms. The van der Waals surface area contributed by atoms with E-state index in [2.05, 4.69) is 15.6 Å². The second-order valence-electron chi connectivity index (χ2n) is 13.0. The largest absolute Gasteiger partial charge is 0.394 e. The van der Waals surface area contributed by atoms with Gasteiger partial charge in [0.25, 0.3) is 0 Å². The highest BCUT2D eigenvalue weighted by Gasteiger charge is 2.53. The first-order chi connectivity index (χ1) is 24.6. The molecule has 0 aromatic carbocycles. The molecule has 1 amide bonds. The molecular formula is C31H51N3O18. The van der Waals surface area contributed by atoms with Gasteiger partial charge in [-0.2, -0.15) is 0 Å². The topological polar surface area (TPSA) is 332 Å². The number of aliphatic hydroxyl groups excluding tert-OH is 11. The van der Waals surface area contributed by atoms with Gasteiger partial charge in [0.1, 0.15) is 85.2 Å². The number of carbonyl (C=O) groups excluding carboxylic acids is 1. The van der Waals surface area contributed by atoms with Gasteiger partial charge in [-0.1, -0.05) is 6.07 Å². The summed E-state index contributed by atoms with van der Waals surface area (Å²) < 4.78 is 34.9. The van der Waals surface area contributed by atoms with Gasteiger partial charge in [0, 0.05) is 19.7 Å². The molecule has 0 radical (unpaired) electrons. The van der Waals surface area contributed by atoms with Crippen molar-refractivity contribution >= 4 is 11.7 Å². The molecule has 1 aromatic rings. The lowest BCUT2D eigenvalue weighted by Crippen LogP contribution is -2.67. The van der Waals surface area contributed by atoms with Crippen molar-refractivity contribution < 1.29 is 89.4 Å². The van der Waals surface area contributed by atoms with Gasteiger partial charge >= 0.3 is 0 Å². The highest BCUT2D eigenvalue weighted by atomic mass is 16.8. The first-order valence-electron chi connectivity index (χ1n) is 16.8. The Morgan fingerprint density at radius 2 is 1.38 bits per heavy atom. The van der Waals surface area contributed by atoms with Crippen LogP contribution in [-0.4, -0.2) is 203 Å². The standard InChI is InChI=1S/C31H51N3O18/c1-11-18(39)21(42)24(45)29(47-11)51-27(15(38)9-35)26(14(34-13(3)37)8-33-17-6-4-5-7-32-17)50-31-28(23(44)20(41)16(10-36)49-31)52-30-25(46)22(43)19(40)12(2)48-30/h4-7,11-12,14-16,18-31,35-36,38-46H,8-10H2,1-3H3,(H,32,33)(H,34,37)/t11-,12-,14-,15+,16+,18+,19+,20-,21+,22+,23-,24-,25-,26+,27+,28+,29-,30-,31-/m0/s1. The summed E-state index contributed by atoms with van der Waals surface area (Å²) in [6.07, 6.45) is -29.2. The van der Waals surface area contributed by atoms with E-state index in [1.807, 2.05) is 0 Å². The van der Waals surface area contributed by atoms with E-state index in [1.165, 1.54) is 20.0 Å². The Labute approximate surface area is 298 Å². The third-order valence-corrected chi connectivity index (χ3v) is 9.16. The quantitative estimate of drug-likeness (QED) is 0.0792. The molecule has 3 saturated heterocycles. The first kappa shape index (κ1) is 42.5. The van der Waals surface area contributed by atoms with Crippen LogP contribution in [0, 0.1) is 0 Å². The molecule has 0 spiro atoms. The molecule has 13 N–H and O–H groups in total. The van der Waals surface area contributed by atoms with E-state index in [4.69, 9.17) is 28.4 Å². The second-order valence-corrected chi connectivity index (χ2v) is 13.0. The van der Waals surface area contributed by atoms with E-state index in [0.29, 0.717) is 5.82 Å². The second kappa shape index (κ2) is 18.9. The van der Waals surface area contributed by atoms with Crippen molar-refractivity contribution in [2.45, 2.75) is 137 Å². The van der Waals surface area contributed by atoms with E-state index < -0.39 is 136 Å². The van der Waals surface area contributed by atoms with Crippen molar-refractivity contribution in [1.82, 2.24) is 10.3 Å². The molecular weight excluding hydrogens is 702 g/mol. The SMILES string of the molecule is CC(=O)N[C@@H](CNc1ccccn1)[C@@H](O[C@@H]1O[C@H](CO)[C@H](O)[C@H](O)[C@H]1O[C@@H]1O[C@@H](C)[C@@H](O)[C@@H](O)[C@@H]1O)[C@H](O[C@@H]1O[C@@H](C)[C@@H](O)[C@@H](O)[C@@H]1O)[C@H](O)CO. The van der Waals surface area contributed by atoms with Gasteiger partial charge in [0.15, 0.2) is 18.9 Å². The van der Waals surface area contributed by atoms with E-state index in [0.717, 1.165) is 6.92 Å². The smallest absolute Gasteiger partial charge is 0.217 e. The van der Waals surface area contributed by atoms with Crippen LogP contribution < -0.4 is 10.6 Å². The Balaban J connectivity index is 1.76. The number of nitrogens with one attached hydrogen (secondary N) is 2. The number of hydrogen-bond donors (Lipinski definition) is 13. The zero-order valence-electron chi connectivity index (χ0n) is 28.6. The van der Waals surface area contributed by atoms with Crippen molar-refractivity contribution in [2.24, 2.45) is 0 Å². The minimum atomic E-state index is -1.96. The van der Waals surface area contributed by atoms with Crippen LogP contribution in [0.3, 0.4) is 0 Å². The third-order valence-electron chi connectivity index (χ3n) is 9.16. The maximum Gasteiger partial charge on any atom is 0.217 e. The number of pyridine rings is 1. The Hall–Kier alpha value is -2.26. The summed E-state index contributed by atoms with van der Waals surface area (Å²) in [7, 11) is 0. The summed E-state index contributed by atoms with van der Waals surface area (Å²) in [5, 5.41) is 122. The Kier molecular flexibility index (Phi) is 15.4. The molecule has 4 rings (SSSR count). The fourth-order valence-electron chi connectivity index (χ4n) is 6.11. The van der Waals surface area contributed by atoms with E-state index in [1.54, 1.807) is 18.2 Å². The van der Waals surface area contributed by atoms with Crippen LogP contribution >= 0.6 is 0 Å². The monoisotopic (exact) mass is 753 g/mol. The summed E-state index contributed by atoms with van der Waals surface area (Å²) in [6.45, 7) is 1.77. The number of aliphatic hydroxyl groups is 11. The fraction of sp³-hybridized carbons (Fsp3) is 0.806. The summed E-state index contributed by atoms with van der Waals surface area (Å²) in [6, 6.07) is 3.61. The molecule has 0 bridgehead atoms. The molecule has 3 aliphatic heterocycles. The maximum absolute atomic E-state index is 12.6. The molecule has 52 heavy (non-hydrogen) atoms. The number of rotatable bonds is 15. The molecule has 0 aliphatic carbocycles. The average molecular weight is 754 g/mol. The van der Waals surface area contributed by atoms with Crippen LogP contribution in [0.2, 0.25) is 0 Å². The van der Waals surface area contributed by atoms with Crippen LogP contribution in [0.4, 0.5) is 5.82 Å². The summed E-state index contributed by atoms with van der Waals surface area (Å²) in [5.74, 6) is -0.317. The number of nitrogens with zero attached hydrogens (tertiary/aromatic N) is 1. The Bertz CT molecular complexity index is 1240. The zero-order chi connectivity index (χ0) is 38.4. The van der Waals surface area contributed by atoms with E-state index >= 15 is 0 Å². The lowest BCUT2D eigenvalue weighted by Gasteiger charge is -2.48. The molecule has 19 atom stereocenters. The van der Waals surface area contributed by atoms with Gasteiger partial charge in [0.2, 0.25) is 5.91 Å². The summed E-state index contributed by atoms with van der Waals surface area (Å²) in [4.78, 5) is 16.8. The molecule has 4 heterocycles. The first-order valence-corrected chi connectivity index (χ1v) is 16.8. The number of ether oxygens (including phenoxy) is 6. The molecule has 21 nitrogen and oxygen atoms in total. The van der Waals surface area contributed by atoms with Gasteiger partial charge in [-0.05, 0) is 26.0 Å². The van der Waals surface area contributed by atoms with E-state index in [9.17, 15) is 61.0 Å². The van der Waals surface area contributed by atoms with Crippen molar-refractivity contribution in [3.63, 3.8) is 0 Å². The molecule has 3 aliphatic rings. The number of carbonyl (C=O) groups is 1. The number of hydrogen-bond acceptors (Lipinski definition) is 20. The van der Waals surface area contributed by atoms with Crippen LogP contribution in [0.15, 0.2) is 24.4 Å². The third kappa shape index (κ3) is 9.88. The lowest BCUT2D eigenvalue weighted by molar-refractivity contribution is -0.378. The minimum absolute atomic E-state index is 0.246. The predicted octanol–water partition coefficient (Wildman–Crippen LogP) is -6.40. The maximum atomic E-state index is 12.6. The van der Waals surface area contributed by atoms with Crippen molar-refractivity contribution in [3.8, 4) is 0 Å². The molecule has 0 unspecified atom stereocenters. The van der Waals surface area contributed by atoms with Gasteiger partial charge in [-0.25, -0.2) is 4.98 Å². The van der Waals surface area contributed by atoms with Crippen LogP contribution in [0.25, 0.3) is 0 Å². The summed E-state index contributed by atoms with van der Waals surface area (Å²) >= 11 is 0. The average Bonchev–Trinajstić information content (AvgIpc) is 3.13. The molecule has 1 aromatic heterocycles. The van der Waals surface area contributed by atoms with Crippen LogP contribution in [0.5, 0.6) is 0 Å². The lowest BCUT2D eigenvalue weighted by atomic mass is 9.96. The van der Waals surface area contributed by atoms with Gasteiger partial charge in [-0.15, -0.1) is 0 Å². The van der Waals surface area contributed by atoms with Crippen molar-refractivity contribution in [2.75, 3.05) is 25.1 Å². The molecule has 3 fully saturated rings. The molecule has 0 saturated carbocycles. The zero-order valence-corrected chi connectivity index (χ0v) is 28.6. The Morgan fingerprint density at radius 3 is 1.94 bits per heavy atom. The summed E-state index contributed by atoms with van der Waals surface area (Å²) in [5.41, 5.74) is 0. The van der Waals surface area contributed by atoms with Crippen molar-refractivity contribution in [3.05, 3.63) is 24.4 Å².